The van der Waals surface area contributed by atoms with Gasteiger partial charge in [-0.05, 0) is 39.2 Å². The van der Waals surface area contributed by atoms with Crippen LogP contribution in [0.4, 0.5) is 0 Å². The van der Waals surface area contributed by atoms with Gasteiger partial charge in [-0.2, -0.15) is 0 Å². The Bertz CT molecular complexity index is 610. The van der Waals surface area contributed by atoms with Crippen molar-refractivity contribution in [2.75, 3.05) is 32.7 Å². The monoisotopic (exact) mass is 403 g/mol. The number of rotatable bonds is 12. The summed E-state index contributed by atoms with van der Waals surface area (Å²) in [5.74, 6) is -0.148. The van der Waals surface area contributed by atoms with Gasteiger partial charge in [0, 0.05) is 51.0 Å². The van der Waals surface area contributed by atoms with Crippen LogP contribution in [-0.4, -0.2) is 70.3 Å². The molecule has 0 saturated carbocycles. The van der Waals surface area contributed by atoms with Crippen molar-refractivity contribution in [2.24, 2.45) is 0 Å². The van der Waals surface area contributed by atoms with Crippen LogP contribution >= 0.6 is 0 Å². The molecule has 1 atom stereocenters. The number of hydrogen-bond donors (Lipinski definition) is 1. The second-order valence-electron chi connectivity index (χ2n) is 7.92. The Kier molecular flexibility index (Phi) is 10.6. The minimum absolute atomic E-state index is 0.00382. The maximum Gasteiger partial charge on any atom is 0.274 e. The van der Waals surface area contributed by atoms with Gasteiger partial charge in [-0.3, -0.25) is 14.6 Å². The zero-order valence-corrected chi connectivity index (χ0v) is 18.1. The second-order valence-corrected chi connectivity index (χ2v) is 7.92. The van der Waals surface area contributed by atoms with E-state index in [9.17, 15) is 9.59 Å². The smallest absolute Gasteiger partial charge is 0.274 e. The van der Waals surface area contributed by atoms with Crippen molar-refractivity contribution in [1.29, 1.82) is 0 Å². The average molecular weight is 404 g/mol. The van der Waals surface area contributed by atoms with Crippen LogP contribution < -0.4 is 5.32 Å². The van der Waals surface area contributed by atoms with Gasteiger partial charge in [0.15, 0.2) is 0 Å². The van der Waals surface area contributed by atoms with Gasteiger partial charge in [-0.25, -0.2) is 4.98 Å². The molecular formula is C22H37N5O2. The van der Waals surface area contributed by atoms with Crippen LogP contribution in [0.25, 0.3) is 0 Å². The molecule has 1 aliphatic rings. The largest absolute Gasteiger partial charge is 0.356 e. The fourth-order valence-electron chi connectivity index (χ4n) is 3.76. The molecule has 7 nitrogen and oxygen atoms in total. The highest BCUT2D eigenvalue weighted by atomic mass is 16.2. The first-order valence-corrected chi connectivity index (χ1v) is 11.2. The molecule has 1 aromatic heterocycles. The number of carbonyl (C=O) groups is 2. The molecule has 0 radical (unpaired) electrons. The summed E-state index contributed by atoms with van der Waals surface area (Å²) in [5, 5.41) is 3.01. The third-order valence-electron chi connectivity index (χ3n) is 5.59. The Labute approximate surface area is 175 Å². The van der Waals surface area contributed by atoms with Gasteiger partial charge >= 0.3 is 0 Å². The van der Waals surface area contributed by atoms with E-state index in [1.54, 1.807) is 11.1 Å². The van der Waals surface area contributed by atoms with Crippen molar-refractivity contribution >= 4 is 11.8 Å². The van der Waals surface area contributed by atoms with Crippen molar-refractivity contribution in [2.45, 2.75) is 71.3 Å². The minimum atomic E-state index is -0.152. The summed E-state index contributed by atoms with van der Waals surface area (Å²) >= 11 is 0. The lowest BCUT2D eigenvalue weighted by Crippen LogP contribution is -2.39. The van der Waals surface area contributed by atoms with Crippen molar-refractivity contribution in [3.05, 3.63) is 24.3 Å². The Morgan fingerprint density at radius 3 is 2.79 bits per heavy atom. The van der Waals surface area contributed by atoms with Gasteiger partial charge in [-0.15, -0.1) is 0 Å². The summed E-state index contributed by atoms with van der Waals surface area (Å²) in [6, 6.07) is 0.656. The van der Waals surface area contributed by atoms with Crippen molar-refractivity contribution in [3.63, 3.8) is 0 Å². The second kappa shape index (κ2) is 13.2. The molecule has 0 aromatic carbocycles. The number of nitrogens with one attached hydrogen (secondary N) is 1. The van der Waals surface area contributed by atoms with Crippen molar-refractivity contribution in [1.82, 2.24) is 25.1 Å². The zero-order chi connectivity index (χ0) is 20.9. The highest BCUT2D eigenvalue weighted by Crippen LogP contribution is 2.16. The van der Waals surface area contributed by atoms with Crippen LogP contribution in [0, 0.1) is 0 Å². The number of amides is 2. The van der Waals surface area contributed by atoms with Crippen molar-refractivity contribution < 1.29 is 9.59 Å². The van der Waals surface area contributed by atoms with E-state index in [0.29, 0.717) is 37.8 Å². The molecule has 7 heteroatoms. The molecule has 2 rings (SSSR count). The van der Waals surface area contributed by atoms with Crippen LogP contribution in [0.3, 0.4) is 0 Å². The molecule has 1 aliphatic heterocycles. The van der Waals surface area contributed by atoms with E-state index in [-0.39, 0.29) is 11.8 Å². The summed E-state index contributed by atoms with van der Waals surface area (Å²) in [5.41, 5.74) is 0.333. The van der Waals surface area contributed by atoms with E-state index in [1.165, 1.54) is 38.2 Å². The Morgan fingerprint density at radius 2 is 2.07 bits per heavy atom. The lowest BCUT2D eigenvalue weighted by Gasteiger charge is -2.33. The van der Waals surface area contributed by atoms with Gasteiger partial charge in [0.1, 0.15) is 5.69 Å². The predicted molar refractivity (Wildman–Crippen MR) is 115 cm³/mol. The van der Waals surface area contributed by atoms with Crippen molar-refractivity contribution in [3.8, 4) is 0 Å². The average Bonchev–Trinajstić information content (AvgIpc) is 2.75. The first kappa shape index (κ1) is 23.3. The van der Waals surface area contributed by atoms with Gasteiger partial charge in [0.2, 0.25) is 5.91 Å². The van der Waals surface area contributed by atoms with Crippen LogP contribution in [0.2, 0.25) is 0 Å². The first-order chi connectivity index (χ1) is 14.1. The number of nitrogens with zero attached hydrogens (tertiary/aromatic N) is 4. The lowest BCUT2D eigenvalue weighted by molar-refractivity contribution is -0.121. The third-order valence-corrected chi connectivity index (χ3v) is 5.59. The van der Waals surface area contributed by atoms with E-state index < -0.39 is 0 Å². The van der Waals surface area contributed by atoms with Crippen LogP contribution in [0.5, 0.6) is 0 Å². The predicted octanol–water partition coefficient (Wildman–Crippen LogP) is 2.88. The number of likely N-dealkylation sites (tertiary alicyclic amines) is 1. The van der Waals surface area contributed by atoms with E-state index in [2.05, 4.69) is 34.0 Å². The van der Waals surface area contributed by atoms with Crippen LogP contribution in [0.1, 0.15) is 75.7 Å². The quantitative estimate of drug-likeness (QED) is 0.543. The number of aromatic nitrogens is 2. The molecule has 162 valence electrons. The molecule has 1 saturated heterocycles. The molecule has 2 heterocycles. The summed E-state index contributed by atoms with van der Waals surface area (Å²) in [6.07, 6.45) is 12.8. The van der Waals surface area contributed by atoms with Gasteiger partial charge in [0.05, 0.1) is 6.20 Å². The molecule has 0 bridgehead atoms. The van der Waals surface area contributed by atoms with Crippen LogP contribution in [-0.2, 0) is 4.79 Å². The van der Waals surface area contributed by atoms with E-state index >= 15 is 0 Å². The number of carbonyl (C=O) groups excluding carboxylic acids is 2. The standard InChI is InChI=1S/C22H37N5O2/c1-3-4-6-15-27(22(29)20-18-23-12-13-24-20)17-10-21(28)25-11-8-16-26-14-7-5-9-19(26)2/h12-13,18-19H,3-11,14-17H2,1-2H3,(H,25,28)/t19-/m1/s1. The highest BCUT2D eigenvalue weighted by Gasteiger charge is 2.19. The van der Waals surface area contributed by atoms with E-state index in [0.717, 1.165) is 32.2 Å². The van der Waals surface area contributed by atoms with E-state index in [1.807, 2.05) is 0 Å². The van der Waals surface area contributed by atoms with Crippen LogP contribution in [0.15, 0.2) is 18.6 Å². The van der Waals surface area contributed by atoms with Gasteiger partial charge < -0.3 is 15.1 Å². The molecule has 1 aromatic rings. The Balaban J connectivity index is 1.72. The molecular weight excluding hydrogens is 366 g/mol. The molecule has 0 spiro atoms. The normalized spacial score (nSPS) is 17.1. The maximum absolute atomic E-state index is 12.7. The third kappa shape index (κ3) is 8.48. The molecule has 0 aliphatic carbocycles. The molecule has 1 N–H and O–H groups in total. The fraction of sp³-hybridized carbons (Fsp3) is 0.727. The molecule has 29 heavy (non-hydrogen) atoms. The SMILES string of the molecule is CCCCCN(CCC(=O)NCCCN1CCCC[C@H]1C)C(=O)c1cnccn1. The summed E-state index contributed by atoms with van der Waals surface area (Å²) in [7, 11) is 0. The Hall–Kier alpha value is -2.02. The van der Waals surface area contributed by atoms with E-state index in [4.69, 9.17) is 0 Å². The summed E-state index contributed by atoms with van der Waals surface area (Å²) in [4.78, 5) is 37.3. The van der Waals surface area contributed by atoms with Gasteiger partial charge in [-0.1, -0.05) is 26.2 Å². The topological polar surface area (TPSA) is 78.4 Å². The summed E-state index contributed by atoms with van der Waals surface area (Å²) in [6.45, 7) is 8.38. The molecule has 0 unspecified atom stereocenters. The zero-order valence-electron chi connectivity index (χ0n) is 18.1. The fourth-order valence-corrected chi connectivity index (χ4v) is 3.76. The first-order valence-electron chi connectivity index (χ1n) is 11.2. The maximum atomic E-state index is 12.7. The molecule has 1 fully saturated rings. The number of hydrogen-bond acceptors (Lipinski definition) is 5. The lowest BCUT2D eigenvalue weighted by atomic mass is 10.0. The summed E-state index contributed by atoms with van der Waals surface area (Å²) < 4.78 is 0. The molecule has 2 amide bonds. The number of unbranched alkanes of at least 4 members (excludes halogenated alkanes) is 2. The van der Waals surface area contributed by atoms with Gasteiger partial charge in [0.25, 0.3) is 5.91 Å². The minimum Gasteiger partial charge on any atom is -0.356 e. The highest BCUT2D eigenvalue weighted by molar-refractivity contribution is 5.92. The Morgan fingerprint density at radius 1 is 1.21 bits per heavy atom. The number of piperidine rings is 1.